The number of hydrogen-bond acceptors (Lipinski definition) is 7. The number of aromatic nitrogens is 4. The van der Waals surface area contributed by atoms with Crippen molar-refractivity contribution < 1.29 is 9.03 Å². The van der Waals surface area contributed by atoms with Crippen molar-refractivity contribution in [3.63, 3.8) is 0 Å². The number of benzene rings is 2. The van der Waals surface area contributed by atoms with Gasteiger partial charge in [-0.1, -0.05) is 59.1 Å². The fraction of sp³-hybridized carbons (Fsp3) is 0.0909. The third-order valence-electron chi connectivity index (χ3n) is 4.99. The Kier molecular flexibility index (Phi) is 4.76. The van der Waals surface area contributed by atoms with Gasteiger partial charge in [-0.15, -0.1) is 0 Å². The highest BCUT2D eigenvalue weighted by molar-refractivity contribution is 7.37. The molecule has 5 nitrogen and oxygen atoms in total. The van der Waals surface area contributed by atoms with Crippen LogP contribution in [0.5, 0.6) is 0 Å². The summed E-state index contributed by atoms with van der Waals surface area (Å²) in [5.74, 6) is 0. The summed E-state index contributed by atoms with van der Waals surface area (Å²) in [7, 11) is 0. The summed E-state index contributed by atoms with van der Waals surface area (Å²) < 4.78 is 6.45. The maximum absolute atomic E-state index is 4.96. The predicted molar refractivity (Wildman–Crippen MR) is 130 cm³/mol. The first-order valence-corrected chi connectivity index (χ1v) is 13.2. The van der Waals surface area contributed by atoms with Crippen molar-refractivity contribution in [2.45, 2.75) is 6.92 Å². The highest BCUT2D eigenvalue weighted by atomic mass is 32.2. The SMILES string of the molecule is CCN(c1n[n+]2c(-c3ccccc3)csc2s1)c1n[n+]2c(-c3ccccc3)csc2s1. The summed E-state index contributed by atoms with van der Waals surface area (Å²) in [5.41, 5.74) is 4.60. The van der Waals surface area contributed by atoms with E-state index in [1.807, 2.05) is 12.1 Å². The van der Waals surface area contributed by atoms with Crippen LogP contribution in [0.25, 0.3) is 30.8 Å². The Balaban J connectivity index is 1.41. The van der Waals surface area contributed by atoms with E-state index in [0.717, 1.165) is 28.2 Å². The van der Waals surface area contributed by atoms with E-state index in [1.165, 1.54) is 19.4 Å². The quantitative estimate of drug-likeness (QED) is 0.298. The van der Waals surface area contributed by atoms with Crippen LogP contribution >= 0.6 is 45.3 Å². The average Bonchev–Trinajstić information content (AvgIpc) is 3.56. The van der Waals surface area contributed by atoms with Gasteiger partial charge in [-0.2, -0.15) is 0 Å². The molecule has 0 amide bonds. The molecule has 0 aliphatic rings. The van der Waals surface area contributed by atoms with E-state index in [1.54, 1.807) is 45.3 Å². The van der Waals surface area contributed by atoms with Crippen molar-refractivity contribution in [1.82, 2.24) is 10.2 Å². The molecule has 0 bridgehead atoms. The Labute approximate surface area is 194 Å². The average molecular weight is 480 g/mol. The van der Waals surface area contributed by atoms with Gasteiger partial charge in [0.15, 0.2) is 0 Å². The molecular formula is C22H17N5S4+2. The number of nitrogens with zero attached hydrogens (tertiary/aromatic N) is 5. The molecule has 0 saturated carbocycles. The fourth-order valence-electron chi connectivity index (χ4n) is 3.47. The molecule has 0 atom stereocenters. The number of rotatable bonds is 5. The van der Waals surface area contributed by atoms with Crippen molar-refractivity contribution in [3.05, 3.63) is 71.4 Å². The summed E-state index contributed by atoms with van der Waals surface area (Å²) in [6.07, 6.45) is 0. The molecule has 0 aliphatic carbocycles. The molecule has 0 radical (unpaired) electrons. The second kappa shape index (κ2) is 7.76. The number of thiazole rings is 2. The lowest BCUT2D eigenvalue weighted by molar-refractivity contribution is -0.559. The van der Waals surface area contributed by atoms with Gasteiger partial charge in [0.1, 0.15) is 0 Å². The van der Waals surface area contributed by atoms with E-state index in [4.69, 9.17) is 10.2 Å². The van der Waals surface area contributed by atoms with Crippen LogP contribution in [0.4, 0.5) is 10.3 Å². The van der Waals surface area contributed by atoms with Gasteiger partial charge in [0.25, 0.3) is 21.7 Å². The Morgan fingerprint density at radius 2 is 1.16 bits per heavy atom. The van der Waals surface area contributed by atoms with E-state index < -0.39 is 0 Å². The van der Waals surface area contributed by atoms with Gasteiger partial charge in [0.05, 0.1) is 21.9 Å². The molecule has 0 saturated heterocycles. The van der Waals surface area contributed by atoms with Gasteiger partial charge in [-0.3, -0.25) is 4.90 Å². The molecule has 0 aliphatic heterocycles. The lowest BCUT2D eigenvalue weighted by atomic mass is 10.2. The lowest BCUT2D eigenvalue weighted by Gasteiger charge is -2.10. The van der Waals surface area contributed by atoms with Gasteiger partial charge >= 0.3 is 8.29 Å². The van der Waals surface area contributed by atoms with Crippen LogP contribution in [0.15, 0.2) is 71.4 Å². The first-order valence-electron chi connectivity index (χ1n) is 9.81. The van der Waals surface area contributed by atoms with Gasteiger partial charge in [0, 0.05) is 16.7 Å². The minimum Gasteiger partial charge on any atom is -0.284 e. The summed E-state index contributed by atoms with van der Waals surface area (Å²) in [4.78, 5) is 2.21. The highest BCUT2D eigenvalue weighted by Crippen LogP contribution is 2.35. The van der Waals surface area contributed by atoms with E-state index >= 15 is 0 Å². The second-order valence-corrected chi connectivity index (χ2v) is 11.0. The Bertz CT molecular complexity index is 1370. The van der Waals surface area contributed by atoms with Crippen molar-refractivity contribution in [2.75, 3.05) is 11.4 Å². The summed E-state index contributed by atoms with van der Waals surface area (Å²) in [6.45, 7) is 2.96. The molecule has 4 heterocycles. The Morgan fingerprint density at radius 1 is 0.710 bits per heavy atom. The zero-order valence-corrected chi connectivity index (χ0v) is 19.8. The molecule has 0 N–H and O–H groups in total. The fourth-order valence-corrected chi connectivity index (χ4v) is 7.68. The van der Waals surface area contributed by atoms with Crippen molar-refractivity contribution >= 4 is 63.9 Å². The first kappa shape index (κ1) is 19.0. The first-order chi connectivity index (χ1) is 15.3. The summed E-state index contributed by atoms with van der Waals surface area (Å²) in [6, 6.07) is 20.8. The monoisotopic (exact) mass is 479 g/mol. The minimum atomic E-state index is 0.810. The van der Waals surface area contributed by atoms with Crippen LogP contribution in [0.2, 0.25) is 0 Å². The van der Waals surface area contributed by atoms with E-state index in [2.05, 4.69) is 80.1 Å². The standard InChI is InChI=1S/C22H17N5S4/c1-2-25(19-23-26-17(13-28-21(26)30-19)15-9-5-3-6-10-15)20-24-27-18(14-29-22(27)31-20)16-11-7-4-8-12-16/h3-14H,2H2,1H3/q+2. The molecule has 152 valence electrons. The highest BCUT2D eigenvalue weighted by Gasteiger charge is 2.30. The molecule has 9 heteroatoms. The van der Waals surface area contributed by atoms with Crippen molar-refractivity contribution in [2.24, 2.45) is 0 Å². The Morgan fingerprint density at radius 3 is 1.58 bits per heavy atom. The molecule has 31 heavy (non-hydrogen) atoms. The normalized spacial score (nSPS) is 11.5. The molecule has 2 aromatic carbocycles. The van der Waals surface area contributed by atoms with Crippen LogP contribution < -0.4 is 13.9 Å². The number of fused-ring (bicyclic) bond motifs is 2. The third kappa shape index (κ3) is 3.25. The molecule has 0 fully saturated rings. The summed E-state index contributed by atoms with van der Waals surface area (Å²) >= 11 is 6.88. The van der Waals surface area contributed by atoms with Gasteiger partial charge in [-0.05, 0) is 62.9 Å². The van der Waals surface area contributed by atoms with E-state index in [0.29, 0.717) is 0 Å². The maximum atomic E-state index is 4.96. The topological polar surface area (TPSA) is 37.2 Å². The second-order valence-electron chi connectivity index (χ2n) is 6.84. The van der Waals surface area contributed by atoms with Crippen molar-refractivity contribution in [3.8, 4) is 22.5 Å². The van der Waals surface area contributed by atoms with E-state index in [9.17, 15) is 0 Å². The van der Waals surface area contributed by atoms with E-state index in [-0.39, 0.29) is 0 Å². The minimum absolute atomic E-state index is 0.810. The van der Waals surface area contributed by atoms with Crippen LogP contribution in [-0.2, 0) is 0 Å². The van der Waals surface area contributed by atoms with Gasteiger partial charge in [-0.25, -0.2) is 0 Å². The Hall–Kier alpha value is -2.72. The molecule has 6 rings (SSSR count). The smallest absolute Gasteiger partial charge is 0.284 e. The number of anilines is 2. The number of hydrogen-bond donors (Lipinski definition) is 0. The van der Waals surface area contributed by atoms with Gasteiger partial charge < -0.3 is 0 Å². The largest absolute Gasteiger partial charge is 0.354 e. The molecule has 4 aromatic heterocycles. The van der Waals surface area contributed by atoms with Crippen LogP contribution in [0.1, 0.15) is 6.92 Å². The van der Waals surface area contributed by atoms with Crippen LogP contribution in [0.3, 0.4) is 0 Å². The van der Waals surface area contributed by atoms with Crippen LogP contribution in [0, 0.1) is 0 Å². The molecule has 6 aromatic rings. The zero-order chi connectivity index (χ0) is 20.8. The molecule has 0 unspecified atom stereocenters. The molecular weight excluding hydrogens is 463 g/mol. The maximum Gasteiger partial charge on any atom is 0.354 e. The third-order valence-corrected chi connectivity index (χ3v) is 9.16. The van der Waals surface area contributed by atoms with Crippen LogP contribution in [-0.4, -0.2) is 16.7 Å². The lowest BCUT2D eigenvalue weighted by Crippen LogP contribution is -2.27. The van der Waals surface area contributed by atoms with Gasteiger partial charge in [0.2, 0.25) is 0 Å². The predicted octanol–water partition coefficient (Wildman–Crippen LogP) is 5.69. The molecule has 0 spiro atoms. The zero-order valence-electron chi connectivity index (χ0n) is 16.5. The summed E-state index contributed by atoms with van der Waals surface area (Å²) in [5, 5.41) is 16.2. The van der Waals surface area contributed by atoms with Crippen molar-refractivity contribution in [1.29, 1.82) is 0 Å².